The highest BCUT2D eigenvalue weighted by Gasteiger charge is 2.33. The van der Waals surface area contributed by atoms with Crippen LogP contribution < -0.4 is 15.5 Å². The quantitative estimate of drug-likeness (QED) is 0.189. The third-order valence-electron chi connectivity index (χ3n) is 8.12. The third-order valence-corrected chi connectivity index (χ3v) is 9.30. The minimum atomic E-state index is -0.527. The maximum atomic E-state index is 15.1. The monoisotopic (exact) mass is 606 g/mol. The number of Topliss-reactive ketones (excluding diaryl/α,β-unsaturated/α-hetero) is 1. The Morgan fingerprint density at radius 3 is 2.29 bits per heavy atom. The second kappa shape index (κ2) is 18.4. The molecule has 2 aliphatic rings. The molecular formula is C32H51FN4O4S. The molecule has 0 radical (unpaired) electrons. The molecule has 2 aliphatic heterocycles. The number of piperazine rings is 1. The number of halogens is 1. The lowest BCUT2D eigenvalue weighted by atomic mass is 10.1. The zero-order valence-corrected chi connectivity index (χ0v) is 26.5. The molecule has 8 nitrogen and oxygen atoms in total. The summed E-state index contributed by atoms with van der Waals surface area (Å²) in [6.07, 6.45) is 13.1. The van der Waals surface area contributed by atoms with E-state index in [-0.39, 0.29) is 17.8 Å². The van der Waals surface area contributed by atoms with E-state index in [4.69, 9.17) is 10.5 Å². The van der Waals surface area contributed by atoms with Gasteiger partial charge in [-0.25, -0.2) is 9.18 Å². The fraction of sp³-hybridized carbons (Fsp3) is 0.719. The summed E-state index contributed by atoms with van der Waals surface area (Å²) >= 11 is 1.76. The van der Waals surface area contributed by atoms with E-state index in [0.29, 0.717) is 62.7 Å². The van der Waals surface area contributed by atoms with Crippen molar-refractivity contribution in [2.75, 3.05) is 54.0 Å². The van der Waals surface area contributed by atoms with E-state index in [9.17, 15) is 14.4 Å². The molecular weight excluding hydrogens is 555 g/mol. The van der Waals surface area contributed by atoms with Crippen molar-refractivity contribution in [2.24, 2.45) is 5.73 Å². The Kier molecular flexibility index (Phi) is 14.9. The lowest BCUT2D eigenvalue weighted by Crippen LogP contribution is -2.54. The van der Waals surface area contributed by atoms with Crippen LogP contribution in [0.15, 0.2) is 18.2 Å². The lowest BCUT2D eigenvalue weighted by molar-refractivity contribution is -0.132. The summed E-state index contributed by atoms with van der Waals surface area (Å²) in [6, 6.07) is 4.23. The highest BCUT2D eigenvalue weighted by Crippen LogP contribution is 2.29. The van der Waals surface area contributed by atoms with Crippen LogP contribution in [-0.2, 0) is 14.3 Å². The molecule has 0 aliphatic carbocycles. The van der Waals surface area contributed by atoms with E-state index in [0.717, 1.165) is 5.75 Å². The van der Waals surface area contributed by atoms with Crippen LogP contribution in [0.25, 0.3) is 0 Å². The highest BCUT2D eigenvalue weighted by molar-refractivity contribution is 7.99. The zero-order chi connectivity index (χ0) is 30.3. The summed E-state index contributed by atoms with van der Waals surface area (Å²) in [7, 11) is 0. The summed E-state index contributed by atoms with van der Waals surface area (Å²) in [6.45, 7) is 6.07. The maximum absolute atomic E-state index is 15.1. The number of carbonyl (C=O) groups is 3. The maximum Gasteiger partial charge on any atom is 0.414 e. The number of benzene rings is 1. The minimum Gasteiger partial charge on any atom is -0.444 e. The van der Waals surface area contributed by atoms with Crippen LogP contribution in [0.3, 0.4) is 0 Å². The normalized spacial score (nSPS) is 18.0. The standard InChI is InChI=1S/C32H51FN4O4S/c1-3-4-5-6-7-8-9-10-11-12-21-42-24-29(34)31(39)36-19-17-35(18-20-36)30-16-14-26(22-28(30)33)37-23-27(41-32(37)40)15-13-25(2)38/h14,16,22,27,29H,3-13,15,17-21,23-24,34H2,1-2H3/t27-,29+/m0/s1. The van der Waals surface area contributed by atoms with Crippen LogP contribution in [0.2, 0.25) is 0 Å². The lowest BCUT2D eigenvalue weighted by Gasteiger charge is -2.37. The number of cyclic esters (lactones) is 1. The second-order valence-corrected chi connectivity index (χ2v) is 12.8. The number of ether oxygens (including phenoxy) is 1. The Morgan fingerprint density at radius 1 is 1.02 bits per heavy atom. The third kappa shape index (κ3) is 11.1. The van der Waals surface area contributed by atoms with Gasteiger partial charge in [0.25, 0.3) is 0 Å². The number of hydrogen-bond acceptors (Lipinski definition) is 7. The first-order valence-electron chi connectivity index (χ1n) is 15.9. The number of carbonyl (C=O) groups excluding carboxylic acids is 3. The van der Waals surface area contributed by atoms with Gasteiger partial charge < -0.3 is 25.1 Å². The van der Waals surface area contributed by atoms with Gasteiger partial charge in [0.15, 0.2) is 0 Å². The average molecular weight is 607 g/mol. The van der Waals surface area contributed by atoms with Gasteiger partial charge in [0, 0.05) is 38.4 Å². The highest BCUT2D eigenvalue weighted by atomic mass is 32.2. The van der Waals surface area contributed by atoms with Gasteiger partial charge >= 0.3 is 6.09 Å². The summed E-state index contributed by atoms with van der Waals surface area (Å²) in [5.41, 5.74) is 7.11. The first-order valence-corrected chi connectivity index (χ1v) is 17.1. The van der Waals surface area contributed by atoms with Crippen LogP contribution in [-0.4, -0.2) is 79.1 Å². The second-order valence-electron chi connectivity index (χ2n) is 11.7. The Morgan fingerprint density at radius 2 is 1.67 bits per heavy atom. The predicted octanol–water partition coefficient (Wildman–Crippen LogP) is 6.15. The van der Waals surface area contributed by atoms with Crippen molar-refractivity contribution in [3.63, 3.8) is 0 Å². The van der Waals surface area contributed by atoms with Crippen molar-refractivity contribution in [1.82, 2.24) is 4.90 Å². The Hall–Kier alpha value is -2.33. The molecule has 0 bridgehead atoms. The number of hydrogen-bond donors (Lipinski definition) is 1. The number of ketones is 1. The molecule has 236 valence electrons. The largest absolute Gasteiger partial charge is 0.444 e. The van der Waals surface area contributed by atoms with E-state index in [1.165, 1.54) is 82.1 Å². The van der Waals surface area contributed by atoms with E-state index in [1.54, 1.807) is 28.8 Å². The van der Waals surface area contributed by atoms with Crippen LogP contribution >= 0.6 is 11.8 Å². The molecule has 3 rings (SSSR count). The number of rotatable bonds is 19. The molecule has 1 aromatic carbocycles. The molecule has 42 heavy (non-hydrogen) atoms. The van der Waals surface area contributed by atoms with Gasteiger partial charge in [0.1, 0.15) is 17.7 Å². The van der Waals surface area contributed by atoms with Crippen molar-refractivity contribution >= 4 is 40.9 Å². The first-order chi connectivity index (χ1) is 20.3. The number of nitrogens with two attached hydrogens (primary N) is 1. The minimum absolute atomic E-state index is 0.0343. The summed E-state index contributed by atoms with van der Waals surface area (Å²) in [5, 5.41) is 0. The number of anilines is 2. The summed E-state index contributed by atoms with van der Waals surface area (Å²) < 4.78 is 20.5. The summed E-state index contributed by atoms with van der Waals surface area (Å²) in [4.78, 5) is 41.6. The molecule has 2 atom stereocenters. The molecule has 2 N–H and O–H groups in total. The average Bonchev–Trinajstić information content (AvgIpc) is 3.36. The topological polar surface area (TPSA) is 96.2 Å². The number of thioether (sulfide) groups is 1. The predicted molar refractivity (Wildman–Crippen MR) is 170 cm³/mol. The molecule has 2 heterocycles. The molecule has 2 amide bonds. The van der Waals surface area contributed by atoms with Crippen molar-refractivity contribution in [3.8, 4) is 0 Å². The van der Waals surface area contributed by atoms with E-state index in [2.05, 4.69) is 6.92 Å². The molecule has 2 saturated heterocycles. The van der Waals surface area contributed by atoms with E-state index < -0.39 is 18.0 Å². The molecule has 0 unspecified atom stereocenters. The number of unbranched alkanes of at least 4 members (excludes halogenated alkanes) is 9. The van der Waals surface area contributed by atoms with Gasteiger partial charge in [0.2, 0.25) is 5.91 Å². The van der Waals surface area contributed by atoms with Crippen LogP contribution in [0.4, 0.5) is 20.6 Å². The molecule has 10 heteroatoms. The van der Waals surface area contributed by atoms with Gasteiger partial charge in [-0.15, -0.1) is 0 Å². The van der Waals surface area contributed by atoms with E-state index in [1.807, 2.05) is 4.90 Å². The summed E-state index contributed by atoms with van der Waals surface area (Å²) in [5.74, 6) is 1.25. The van der Waals surface area contributed by atoms with Crippen LogP contribution in [0.5, 0.6) is 0 Å². The smallest absolute Gasteiger partial charge is 0.414 e. The van der Waals surface area contributed by atoms with Crippen molar-refractivity contribution in [1.29, 1.82) is 0 Å². The van der Waals surface area contributed by atoms with Crippen molar-refractivity contribution in [3.05, 3.63) is 24.0 Å². The van der Waals surface area contributed by atoms with E-state index >= 15 is 4.39 Å². The number of amides is 2. The van der Waals surface area contributed by atoms with Gasteiger partial charge in [-0.05, 0) is 43.7 Å². The van der Waals surface area contributed by atoms with Crippen molar-refractivity contribution < 1.29 is 23.5 Å². The molecule has 2 fully saturated rings. The van der Waals surface area contributed by atoms with Crippen LogP contribution in [0, 0.1) is 5.82 Å². The Balaban J connectivity index is 1.32. The molecule has 0 saturated carbocycles. The number of nitrogens with zero attached hydrogens (tertiary/aromatic N) is 3. The Labute approximate surface area is 255 Å². The SMILES string of the molecule is CCCCCCCCCCCCSC[C@@H](N)C(=O)N1CCN(c2ccc(N3C[C@H](CCC(C)=O)OC3=O)cc2F)CC1. The molecule has 0 aromatic heterocycles. The fourth-order valence-corrected chi connectivity index (χ4v) is 6.51. The van der Waals surface area contributed by atoms with Gasteiger partial charge in [0.05, 0.1) is 24.0 Å². The molecule has 0 spiro atoms. The van der Waals surface area contributed by atoms with Crippen molar-refractivity contribution in [2.45, 2.75) is 103 Å². The van der Waals surface area contributed by atoms with Crippen LogP contribution in [0.1, 0.15) is 90.9 Å². The van der Waals surface area contributed by atoms with Gasteiger partial charge in [-0.3, -0.25) is 9.69 Å². The zero-order valence-electron chi connectivity index (χ0n) is 25.7. The molecule has 1 aromatic rings. The van der Waals surface area contributed by atoms with Gasteiger partial charge in [-0.2, -0.15) is 11.8 Å². The van der Waals surface area contributed by atoms with Gasteiger partial charge in [-0.1, -0.05) is 64.7 Å². The first kappa shape index (κ1) is 34.2. The Bertz CT molecular complexity index is 1000. The fourth-order valence-electron chi connectivity index (χ4n) is 5.54.